The molecule has 1 unspecified atom stereocenters. The van der Waals surface area contributed by atoms with Crippen LogP contribution in [0.2, 0.25) is 0 Å². The Hall–Kier alpha value is -0.620. The zero-order valence-corrected chi connectivity index (χ0v) is 18.3. The van der Waals surface area contributed by atoms with E-state index in [9.17, 15) is 13.2 Å². The maximum atomic E-state index is 12.4. The van der Waals surface area contributed by atoms with Gasteiger partial charge < -0.3 is 10.6 Å². The van der Waals surface area contributed by atoms with Crippen molar-refractivity contribution in [3.63, 3.8) is 0 Å². The van der Waals surface area contributed by atoms with Crippen LogP contribution in [-0.2, 0) is 13.0 Å². The molecule has 5 nitrogen and oxygen atoms in total. The van der Waals surface area contributed by atoms with Gasteiger partial charge in [0.1, 0.15) is 5.01 Å². The molecule has 1 aliphatic heterocycles. The lowest BCUT2D eigenvalue weighted by molar-refractivity contribution is -0.143. The van der Waals surface area contributed by atoms with Crippen LogP contribution in [0.25, 0.3) is 0 Å². The van der Waals surface area contributed by atoms with Crippen molar-refractivity contribution in [2.45, 2.75) is 39.4 Å². The fourth-order valence-corrected chi connectivity index (χ4v) is 3.58. The maximum absolute atomic E-state index is 12.4. The van der Waals surface area contributed by atoms with Crippen molar-refractivity contribution in [3.05, 3.63) is 16.1 Å². The minimum absolute atomic E-state index is 0. The van der Waals surface area contributed by atoms with Gasteiger partial charge in [0, 0.05) is 30.7 Å². The van der Waals surface area contributed by atoms with E-state index in [-0.39, 0.29) is 29.9 Å². The number of alkyl halides is 3. The summed E-state index contributed by atoms with van der Waals surface area (Å²) in [6.07, 6.45) is -0.502. The third-order valence-electron chi connectivity index (χ3n) is 4.00. The van der Waals surface area contributed by atoms with Crippen molar-refractivity contribution in [3.8, 4) is 0 Å². The molecule has 0 amide bonds. The van der Waals surface area contributed by atoms with E-state index in [2.05, 4.69) is 27.5 Å². The molecular formula is C16H27F3IN5S. The molecule has 2 heterocycles. The van der Waals surface area contributed by atoms with E-state index in [0.717, 1.165) is 24.4 Å². The van der Waals surface area contributed by atoms with E-state index < -0.39 is 12.7 Å². The summed E-state index contributed by atoms with van der Waals surface area (Å²) in [6.45, 7) is 6.09. The average Bonchev–Trinajstić information content (AvgIpc) is 3.17. The van der Waals surface area contributed by atoms with Crippen LogP contribution in [0.3, 0.4) is 0 Å². The van der Waals surface area contributed by atoms with E-state index in [4.69, 9.17) is 0 Å². The lowest BCUT2D eigenvalue weighted by Crippen LogP contribution is -2.40. The van der Waals surface area contributed by atoms with Gasteiger partial charge in [-0.05, 0) is 32.2 Å². The number of likely N-dealkylation sites (tertiary alicyclic amines) is 1. The Morgan fingerprint density at radius 2 is 2.15 bits per heavy atom. The van der Waals surface area contributed by atoms with Gasteiger partial charge in [0.15, 0.2) is 5.96 Å². The number of aryl methyl sites for hydroxylation is 1. The lowest BCUT2D eigenvalue weighted by atomic mass is 10.1. The highest BCUT2D eigenvalue weighted by molar-refractivity contribution is 14.0. The van der Waals surface area contributed by atoms with Gasteiger partial charge in [0.2, 0.25) is 0 Å². The summed E-state index contributed by atoms with van der Waals surface area (Å²) in [4.78, 5) is 11.6. The second-order valence-corrected chi connectivity index (χ2v) is 7.35. The molecule has 1 fully saturated rings. The van der Waals surface area contributed by atoms with Gasteiger partial charge in [-0.2, -0.15) is 13.2 Å². The predicted molar refractivity (Wildman–Crippen MR) is 110 cm³/mol. The number of aromatic nitrogens is 1. The number of aliphatic imine (C=N–C) groups is 1. The molecule has 2 rings (SSSR count). The van der Waals surface area contributed by atoms with Gasteiger partial charge in [-0.25, -0.2) is 9.98 Å². The minimum Gasteiger partial charge on any atom is -0.357 e. The molecule has 150 valence electrons. The Morgan fingerprint density at radius 1 is 1.38 bits per heavy atom. The third-order valence-corrected chi connectivity index (χ3v) is 5.12. The summed E-state index contributed by atoms with van der Waals surface area (Å²) >= 11 is 1.65. The third kappa shape index (κ3) is 8.38. The molecule has 1 atom stereocenters. The largest absolute Gasteiger partial charge is 0.401 e. The zero-order valence-electron chi connectivity index (χ0n) is 15.1. The van der Waals surface area contributed by atoms with Crippen molar-refractivity contribution < 1.29 is 13.2 Å². The molecule has 1 aromatic rings. The number of guanidine groups is 1. The summed E-state index contributed by atoms with van der Waals surface area (Å²) in [6, 6.07) is 0. The highest BCUT2D eigenvalue weighted by Gasteiger charge is 2.34. The summed E-state index contributed by atoms with van der Waals surface area (Å²) in [5.41, 5.74) is 0. The molecule has 0 saturated carbocycles. The highest BCUT2D eigenvalue weighted by atomic mass is 127. The second-order valence-electron chi connectivity index (χ2n) is 6.15. The molecule has 1 aliphatic rings. The normalized spacial score (nSPS) is 18.7. The molecule has 0 aliphatic carbocycles. The van der Waals surface area contributed by atoms with E-state index in [1.54, 1.807) is 11.3 Å². The highest BCUT2D eigenvalue weighted by Crippen LogP contribution is 2.22. The van der Waals surface area contributed by atoms with E-state index >= 15 is 0 Å². The Morgan fingerprint density at radius 3 is 2.77 bits per heavy atom. The number of halogens is 4. The standard InChI is InChI=1S/C16H26F3N5S.HI/c1-3-13-8-21-14(25-13)9-23-15(20-4-2)22-7-12-5-6-24(10-12)11-16(17,18)19;/h8,12H,3-7,9-11H2,1-2H3,(H2,20,22,23);1H. The second kappa shape index (κ2) is 11.3. The van der Waals surface area contributed by atoms with Gasteiger partial charge in [-0.1, -0.05) is 6.92 Å². The first-order valence-electron chi connectivity index (χ1n) is 8.64. The van der Waals surface area contributed by atoms with Crippen LogP contribution in [0.1, 0.15) is 30.2 Å². The van der Waals surface area contributed by atoms with Crippen LogP contribution in [-0.4, -0.2) is 54.7 Å². The van der Waals surface area contributed by atoms with Crippen molar-refractivity contribution in [1.29, 1.82) is 0 Å². The quantitative estimate of drug-likeness (QED) is 0.340. The molecule has 0 spiro atoms. The van der Waals surface area contributed by atoms with Gasteiger partial charge in [0.25, 0.3) is 0 Å². The van der Waals surface area contributed by atoms with E-state index in [1.807, 2.05) is 13.1 Å². The molecule has 2 N–H and O–H groups in total. The number of rotatable bonds is 7. The molecule has 0 aromatic carbocycles. The molecule has 0 radical (unpaired) electrons. The van der Waals surface area contributed by atoms with E-state index in [1.165, 1.54) is 9.78 Å². The van der Waals surface area contributed by atoms with Crippen LogP contribution >= 0.6 is 35.3 Å². The minimum atomic E-state index is -4.12. The molecule has 26 heavy (non-hydrogen) atoms. The fourth-order valence-electron chi connectivity index (χ4n) is 2.79. The molecule has 0 bridgehead atoms. The van der Waals surface area contributed by atoms with Crippen molar-refractivity contribution in [1.82, 2.24) is 20.5 Å². The number of thiazole rings is 1. The SMILES string of the molecule is CCNC(=NCc1ncc(CC)s1)NCC1CCN(CC(F)(F)F)C1.I. The topological polar surface area (TPSA) is 52.6 Å². The van der Waals surface area contributed by atoms with Gasteiger partial charge in [0.05, 0.1) is 13.1 Å². The van der Waals surface area contributed by atoms with Gasteiger partial charge in [-0.15, -0.1) is 35.3 Å². The smallest absolute Gasteiger partial charge is 0.357 e. The van der Waals surface area contributed by atoms with Gasteiger partial charge >= 0.3 is 6.18 Å². The average molecular weight is 505 g/mol. The maximum Gasteiger partial charge on any atom is 0.401 e. The monoisotopic (exact) mass is 505 g/mol. The number of hydrogen-bond donors (Lipinski definition) is 2. The van der Waals surface area contributed by atoms with Crippen molar-refractivity contribution >= 4 is 41.3 Å². The summed E-state index contributed by atoms with van der Waals surface area (Å²) < 4.78 is 37.3. The van der Waals surface area contributed by atoms with Crippen molar-refractivity contribution in [2.24, 2.45) is 10.9 Å². The molecule has 10 heteroatoms. The summed E-state index contributed by atoms with van der Waals surface area (Å²) in [7, 11) is 0. The van der Waals surface area contributed by atoms with E-state index in [0.29, 0.717) is 32.1 Å². The van der Waals surface area contributed by atoms with Crippen LogP contribution in [0.15, 0.2) is 11.2 Å². The fraction of sp³-hybridized carbons (Fsp3) is 0.750. The number of hydrogen-bond acceptors (Lipinski definition) is 4. The predicted octanol–water partition coefficient (Wildman–Crippen LogP) is 3.26. The first-order chi connectivity index (χ1) is 11.9. The molecular weight excluding hydrogens is 478 g/mol. The Balaban J connectivity index is 0.00000338. The number of nitrogens with one attached hydrogen (secondary N) is 2. The lowest BCUT2D eigenvalue weighted by Gasteiger charge is -2.18. The summed E-state index contributed by atoms with van der Waals surface area (Å²) in [5.74, 6) is 0.891. The first-order valence-corrected chi connectivity index (χ1v) is 9.46. The van der Waals surface area contributed by atoms with Gasteiger partial charge in [-0.3, -0.25) is 4.90 Å². The summed E-state index contributed by atoms with van der Waals surface area (Å²) in [5, 5.41) is 7.38. The number of nitrogens with zero attached hydrogens (tertiary/aromatic N) is 3. The molecule has 1 saturated heterocycles. The Bertz CT molecular complexity index is 564. The zero-order chi connectivity index (χ0) is 18.3. The van der Waals surface area contributed by atoms with Crippen LogP contribution in [0.4, 0.5) is 13.2 Å². The molecule has 1 aromatic heterocycles. The first kappa shape index (κ1) is 23.4. The Labute approximate surface area is 173 Å². The van der Waals surface area contributed by atoms with Crippen LogP contribution in [0.5, 0.6) is 0 Å². The van der Waals surface area contributed by atoms with Crippen molar-refractivity contribution in [2.75, 3.05) is 32.7 Å². The van der Waals surface area contributed by atoms with Crippen LogP contribution < -0.4 is 10.6 Å². The van der Waals surface area contributed by atoms with Crippen LogP contribution in [0, 0.1) is 5.92 Å². The Kier molecular flexibility index (Phi) is 10.2.